The standard InChI is InChI=1S/C22H31N3O6/c1-22(2,3)31-21(29)23-9-8-18(26)24-17-7-6-14-10-15(12-19(27)30-5)20(28)25(4)13-16(14)11-17/h6-7,11,15H,8-10,12-13H2,1-5H3,(H,23,29)(H,24,26). The van der Waals surface area contributed by atoms with Gasteiger partial charge in [0.25, 0.3) is 0 Å². The Morgan fingerprint density at radius 2 is 1.90 bits per heavy atom. The first-order valence-corrected chi connectivity index (χ1v) is 10.2. The van der Waals surface area contributed by atoms with Crippen molar-refractivity contribution in [2.75, 3.05) is 26.0 Å². The lowest BCUT2D eigenvalue weighted by molar-refractivity contribution is -0.146. The summed E-state index contributed by atoms with van der Waals surface area (Å²) in [7, 11) is 2.99. The molecule has 2 rings (SSSR count). The highest BCUT2D eigenvalue weighted by atomic mass is 16.6. The lowest BCUT2D eigenvalue weighted by atomic mass is 9.94. The second-order valence-electron chi connectivity index (χ2n) is 8.59. The molecule has 1 aromatic carbocycles. The van der Waals surface area contributed by atoms with Gasteiger partial charge in [0, 0.05) is 32.2 Å². The highest BCUT2D eigenvalue weighted by Crippen LogP contribution is 2.27. The molecule has 1 unspecified atom stereocenters. The molecule has 9 nitrogen and oxygen atoms in total. The van der Waals surface area contributed by atoms with E-state index < -0.39 is 23.6 Å². The number of methoxy groups -OCH3 is 1. The van der Waals surface area contributed by atoms with Crippen molar-refractivity contribution in [3.8, 4) is 0 Å². The van der Waals surface area contributed by atoms with E-state index in [9.17, 15) is 19.2 Å². The predicted molar refractivity (Wildman–Crippen MR) is 114 cm³/mol. The maximum atomic E-state index is 12.6. The zero-order valence-corrected chi connectivity index (χ0v) is 18.7. The molecule has 2 N–H and O–H groups in total. The molecule has 1 aromatic rings. The van der Waals surface area contributed by atoms with Gasteiger partial charge in [0.15, 0.2) is 0 Å². The van der Waals surface area contributed by atoms with Crippen LogP contribution >= 0.6 is 0 Å². The summed E-state index contributed by atoms with van der Waals surface area (Å²) in [5.74, 6) is -1.25. The molecule has 1 atom stereocenters. The van der Waals surface area contributed by atoms with Gasteiger partial charge < -0.3 is 25.0 Å². The number of carbonyl (C=O) groups excluding carboxylic acids is 4. The molecule has 0 spiro atoms. The Hall–Kier alpha value is -3.10. The van der Waals surface area contributed by atoms with Gasteiger partial charge >= 0.3 is 12.1 Å². The van der Waals surface area contributed by atoms with Crippen LogP contribution in [0.25, 0.3) is 0 Å². The summed E-state index contributed by atoms with van der Waals surface area (Å²) in [4.78, 5) is 49.7. The minimum absolute atomic E-state index is 0.0300. The maximum absolute atomic E-state index is 12.6. The lowest BCUT2D eigenvalue weighted by Crippen LogP contribution is -2.34. The molecule has 0 fully saturated rings. The van der Waals surface area contributed by atoms with Crippen molar-refractivity contribution < 1.29 is 28.7 Å². The number of nitrogens with zero attached hydrogens (tertiary/aromatic N) is 1. The maximum Gasteiger partial charge on any atom is 0.407 e. The molecule has 0 saturated heterocycles. The average molecular weight is 434 g/mol. The molecular formula is C22H31N3O6. The van der Waals surface area contributed by atoms with Crippen LogP contribution in [0.15, 0.2) is 18.2 Å². The van der Waals surface area contributed by atoms with Crippen molar-refractivity contribution in [1.29, 1.82) is 0 Å². The van der Waals surface area contributed by atoms with Crippen LogP contribution in [0.5, 0.6) is 0 Å². The van der Waals surface area contributed by atoms with Crippen molar-refractivity contribution in [3.63, 3.8) is 0 Å². The number of alkyl carbamates (subject to hydrolysis) is 1. The zero-order chi connectivity index (χ0) is 23.2. The molecule has 1 aliphatic rings. The fraction of sp³-hybridized carbons (Fsp3) is 0.545. The van der Waals surface area contributed by atoms with E-state index in [1.54, 1.807) is 38.8 Å². The van der Waals surface area contributed by atoms with Gasteiger partial charge in [-0.15, -0.1) is 0 Å². The monoisotopic (exact) mass is 433 g/mol. The molecule has 1 heterocycles. The second-order valence-corrected chi connectivity index (χ2v) is 8.59. The number of fused-ring (bicyclic) bond motifs is 1. The number of benzene rings is 1. The molecule has 31 heavy (non-hydrogen) atoms. The second kappa shape index (κ2) is 10.3. The molecule has 0 radical (unpaired) electrons. The summed E-state index contributed by atoms with van der Waals surface area (Å²) in [5.41, 5.74) is 1.87. The summed E-state index contributed by atoms with van der Waals surface area (Å²) in [6, 6.07) is 5.46. The van der Waals surface area contributed by atoms with Crippen molar-refractivity contribution >= 4 is 29.6 Å². The van der Waals surface area contributed by atoms with E-state index in [1.165, 1.54) is 7.11 Å². The molecule has 0 aliphatic carbocycles. The highest BCUT2D eigenvalue weighted by Gasteiger charge is 2.30. The van der Waals surface area contributed by atoms with E-state index in [0.29, 0.717) is 18.7 Å². The third-order valence-corrected chi connectivity index (χ3v) is 4.75. The lowest BCUT2D eigenvalue weighted by Gasteiger charge is -2.19. The molecule has 1 aliphatic heterocycles. The third kappa shape index (κ3) is 7.58. The summed E-state index contributed by atoms with van der Waals surface area (Å²) in [5, 5.41) is 5.35. The number of hydrogen-bond acceptors (Lipinski definition) is 6. The largest absolute Gasteiger partial charge is 0.469 e. The quantitative estimate of drug-likeness (QED) is 0.665. The van der Waals surface area contributed by atoms with E-state index in [-0.39, 0.29) is 31.2 Å². The van der Waals surface area contributed by atoms with Gasteiger partial charge in [-0.3, -0.25) is 14.4 Å². The minimum Gasteiger partial charge on any atom is -0.469 e. The number of amides is 3. The van der Waals surface area contributed by atoms with Crippen LogP contribution in [0.1, 0.15) is 44.7 Å². The third-order valence-electron chi connectivity index (χ3n) is 4.75. The number of carbonyl (C=O) groups is 4. The Kier molecular flexibility index (Phi) is 8.01. The summed E-state index contributed by atoms with van der Waals surface area (Å²) in [6.07, 6.45) is -0.0145. The smallest absolute Gasteiger partial charge is 0.407 e. The summed E-state index contributed by atoms with van der Waals surface area (Å²) >= 11 is 0. The van der Waals surface area contributed by atoms with Crippen LogP contribution in [0, 0.1) is 5.92 Å². The number of esters is 1. The van der Waals surface area contributed by atoms with Crippen molar-refractivity contribution in [3.05, 3.63) is 29.3 Å². The SMILES string of the molecule is COC(=O)CC1Cc2ccc(NC(=O)CCNC(=O)OC(C)(C)C)cc2CN(C)C1=O. The number of rotatable bonds is 6. The highest BCUT2D eigenvalue weighted by molar-refractivity contribution is 5.91. The molecule has 3 amide bonds. The topological polar surface area (TPSA) is 114 Å². The van der Waals surface area contributed by atoms with Crippen molar-refractivity contribution in [1.82, 2.24) is 10.2 Å². The van der Waals surface area contributed by atoms with Crippen LogP contribution in [-0.4, -0.2) is 55.1 Å². The van der Waals surface area contributed by atoms with E-state index >= 15 is 0 Å². The van der Waals surface area contributed by atoms with E-state index in [1.807, 2.05) is 12.1 Å². The zero-order valence-electron chi connectivity index (χ0n) is 18.7. The summed E-state index contributed by atoms with van der Waals surface area (Å²) < 4.78 is 9.84. The average Bonchev–Trinajstić information content (AvgIpc) is 2.77. The van der Waals surface area contributed by atoms with Crippen LogP contribution in [0.2, 0.25) is 0 Å². The molecule has 9 heteroatoms. The first kappa shape index (κ1) is 24.2. The van der Waals surface area contributed by atoms with E-state index in [2.05, 4.69) is 10.6 Å². The number of nitrogens with one attached hydrogen (secondary N) is 2. The normalized spacial score (nSPS) is 16.1. The van der Waals surface area contributed by atoms with Gasteiger partial charge in [0.2, 0.25) is 11.8 Å². The first-order chi connectivity index (χ1) is 14.5. The molecule has 0 saturated carbocycles. The predicted octanol–water partition coefficient (Wildman–Crippen LogP) is 2.23. The minimum atomic E-state index is -0.599. The van der Waals surface area contributed by atoms with Crippen LogP contribution < -0.4 is 10.6 Å². The fourth-order valence-corrected chi connectivity index (χ4v) is 3.31. The van der Waals surface area contributed by atoms with Crippen LogP contribution in [-0.2, 0) is 36.8 Å². The van der Waals surface area contributed by atoms with Crippen molar-refractivity contribution in [2.45, 2.75) is 52.2 Å². The number of ether oxygens (including phenoxy) is 2. The summed E-state index contributed by atoms with van der Waals surface area (Å²) in [6.45, 7) is 5.83. The Morgan fingerprint density at radius 3 is 2.55 bits per heavy atom. The van der Waals surface area contributed by atoms with Gasteiger partial charge in [-0.1, -0.05) is 6.07 Å². The fourth-order valence-electron chi connectivity index (χ4n) is 3.31. The van der Waals surface area contributed by atoms with Crippen LogP contribution in [0.3, 0.4) is 0 Å². The molecule has 0 bridgehead atoms. The van der Waals surface area contributed by atoms with Gasteiger partial charge in [-0.05, 0) is 50.5 Å². The first-order valence-electron chi connectivity index (χ1n) is 10.2. The van der Waals surface area contributed by atoms with Crippen LogP contribution in [0.4, 0.5) is 10.5 Å². The Bertz CT molecular complexity index is 846. The van der Waals surface area contributed by atoms with E-state index in [0.717, 1.165) is 11.1 Å². The van der Waals surface area contributed by atoms with Gasteiger partial charge in [-0.25, -0.2) is 4.79 Å². The molecule has 170 valence electrons. The van der Waals surface area contributed by atoms with Crippen molar-refractivity contribution in [2.24, 2.45) is 5.92 Å². The molecule has 0 aromatic heterocycles. The van der Waals surface area contributed by atoms with Gasteiger partial charge in [-0.2, -0.15) is 0 Å². The number of anilines is 1. The Labute approximate surface area is 182 Å². The molecular weight excluding hydrogens is 402 g/mol. The van der Waals surface area contributed by atoms with Gasteiger partial charge in [0.1, 0.15) is 5.60 Å². The van der Waals surface area contributed by atoms with Gasteiger partial charge in [0.05, 0.1) is 19.4 Å². The Balaban J connectivity index is 1.96. The Morgan fingerprint density at radius 1 is 1.19 bits per heavy atom. The van der Waals surface area contributed by atoms with E-state index in [4.69, 9.17) is 9.47 Å². The number of hydrogen-bond donors (Lipinski definition) is 2.